The largest absolute Gasteiger partial charge is 0.454 e. The van der Waals surface area contributed by atoms with Gasteiger partial charge in [-0.25, -0.2) is 9.07 Å². The van der Waals surface area contributed by atoms with Gasteiger partial charge in [0.25, 0.3) is 0 Å². The first-order valence-corrected chi connectivity index (χ1v) is 9.03. The van der Waals surface area contributed by atoms with E-state index in [0.29, 0.717) is 24.8 Å². The van der Waals surface area contributed by atoms with Crippen molar-refractivity contribution >= 4 is 11.6 Å². The van der Waals surface area contributed by atoms with Crippen molar-refractivity contribution in [2.24, 2.45) is 0 Å². The molecular formula is C20H19ClFN3O2. The lowest BCUT2D eigenvalue weighted by Crippen LogP contribution is -2.13. The number of hydrogen-bond donors (Lipinski definition) is 1. The minimum absolute atomic E-state index is 0.255. The zero-order valence-electron chi connectivity index (χ0n) is 14.8. The maximum atomic E-state index is 13.1. The summed E-state index contributed by atoms with van der Waals surface area (Å²) < 4.78 is 25.5. The van der Waals surface area contributed by atoms with Crippen molar-refractivity contribution in [3.8, 4) is 11.5 Å². The van der Waals surface area contributed by atoms with Crippen molar-refractivity contribution < 1.29 is 13.9 Å². The van der Waals surface area contributed by atoms with Gasteiger partial charge < -0.3 is 14.8 Å². The minimum Gasteiger partial charge on any atom is -0.454 e. The number of nitrogens with zero attached hydrogens (tertiary/aromatic N) is 2. The van der Waals surface area contributed by atoms with Crippen LogP contribution in [-0.2, 0) is 19.6 Å². The fraction of sp³-hybridized carbons (Fsp3) is 0.250. The molecule has 0 radical (unpaired) electrons. The molecule has 0 unspecified atom stereocenters. The lowest BCUT2D eigenvalue weighted by molar-refractivity contribution is 0.174. The molecular weight excluding hydrogens is 369 g/mol. The van der Waals surface area contributed by atoms with Crippen LogP contribution < -0.4 is 14.8 Å². The molecule has 140 valence electrons. The molecule has 0 spiro atoms. The molecule has 2 aromatic carbocycles. The summed E-state index contributed by atoms with van der Waals surface area (Å²) in [5.41, 5.74) is 3.88. The van der Waals surface area contributed by atoms with Crippen molar-refractivity contribution in [2.45, 2.75) is 26.6 Å². The van der Waals surface area contributed by atoms with Crippen LogP contribution in [0.15, 0.2) is 42.5 Å². The highest BCUT2D eigenvalue weighted by atomic mass is 35.5. The maximum Gasteiger partial charge on any atom is 0.231 e. The highest BCUT2D eigenvalue weighted by Gasteiger charge is 2.15. The Morgan fingerprint density at radius 2 is 1.81 bits per heavy atom. The van der Waals surface area contributed by atoms with Gasteiger partial charge in [-0.3, -0.25) is 0 Å². The molecule has 0 fully saturated rings. The second kappa shape index (κ2) is 7.58. The molecule has 1 aromatic heterocycles. The standard InChI is InChI=1S/C20H19ClFN3O2/c1-13-17(10-23-9-15-4-7-18-19(8-15)27-12-26-18)20(21)25(24-13)11-14-2-5-16(22)6-3-14/h2-8,23H,9-12H2,1H3. The molecule has 0 saturated heterocycles. The first-order chi connectivity index (χ1) is 13.1. The average molecular weight is 388 g/mol. The topological polar surface area (TPSA) is 48.3 Å². The smallest absolute Gasteiger partial charge is 0.231 e. The summed E-state index contributed by atoms with van der Waals surface area (Å²) in [7, 11) is 0. The van der Waals surface area contributed by atoms with Crippen LogP contribution in [-0.4, -0.2) is 16.6 Å². The van der Waals surface area contributed by atoms with Crippen LogP contribution in [0.5, 0.6) is 11.5 Å². The first kappa shape index (κ1) is 17.8. The number of fused-ring (bicyclic) bond motifs is 1. The van der Waals surface area contributed by atoms with Crippen LogP contribution in [0.25, 0.3) is 0 Å². The number of aryl methyl sites for hydroxylation is 1. The second-order valence-electron chi connectivity index (χ2n) is 6.43. The number of nitrogens with one attached hydrogen (secondary N) is 1. The van der Waals surface area contributed by atoms with Gasteiger partial charge >= 0.3 is 0 Å². The van der Waals surface area contributed by atoms with E-state index in [-0.39, 0.29) is 12.6 Å². The molecule has 1 N–H and O–H groups in total. The molecule has 1 aliphatic heterocycles. The molecule has 4 rings (SSSR count). The van der Waals surface area contributed by atoms with E-state index in [1.807, 2.05) is 25.1 Å². The first-order valence-electron chi connectivity index (χ1n) is 8.65. The fourth-order valence-corrected chi connectivity index (χ4v) is 3.34. The van der Waals surface area contributed by atoms with Crippen LogP contribution in [0.2, 0.25) is 5.15 Å². The van der Waals surface area contributed by atoms with Crippen molar-refractivity contribution in [2.75, 3.05) is 6.79 Å². The Bertz CT molecular complexity index is 957. The Balaban J connectivity index is 1.40. The quantitative estimate of drug-likeness (QED) is 0.693. The summed E-state index contributed by atoms with van der Waals surface area (Å²) >= 11 is 6.52. The lowest BCUT2D eigenvalue weighted by atomic mass is 10.2. The lowest BCUT2D eigenvalue weighted by Gasteiger charge is -2.07. The molecule has 5 nitrogen and oxygen atoms in total. The van der Waals surface area contributed by atoms with Gasteiger partial charge in [0.1, 0.15) is 11.0 Å². The van der Waals surface area contributed by atoms with Gasteiger partial charge in [-0.1, -0.05) is 29.8 Å². The SMILES string of the molecule is Cc1nn(Cc2ccc(F)cc2)c(Cl)c1CNCc1ccc2c(c1)OCO2. The van der Waals surface area contributed by atoms with Crippen molar-refractivity contribution in [3.05, 3.63) is 75.8 Å². The van der Waals surface area contributed by atoms with Gasteiger partial charge in [0.05, 0.1) is 12.2 Å². The van der Waals surface area contributed by atoms with E-state index in [2.05, 4.69) is 10.4 Å². The Morgan fingerprint density at radius 3 is 2.63 bits per heavy atom. The Kier molecular flexibility index (Phi) is 5.01. The summed E-state index contributed by atoms with van der Waals surface area (Å²) in [5, 5.41) is 8.50. The van der Waals surface area contributed by atoms with Gasteiger partial charge in [-0.15, -0.1) is 0 Å². The predicted octanol–water partition coefficient (Wildman–Crippen LogP) is 4.05. The van der Waals surface area contributed by atoms with Gasteiger partial charge in [0.2, 0.25) is 6.79 Å². The molecule has 0 saturated carbocycles. The zero-order valence-corrected chi connectivity index (χ0v) is 15.6. The van der Waals surface area contributed by atoms with Gasteiger partial charge in [-0.05, 0) is 42.3 Å². The van der Waals surface area contributed by atoms with Crippen LogP contribution in [0, 0.1) is 12.7 Å². The normalized spacial score (nSPS) is 12.6. The van der Waals surface area contributed by atoms with Crippen LogP contribution >= 0.6 is 11.6 Å². The number of halogens is 2. The number of hydrogen-bond acceptors (Lipinski definition) is 4. The summed E-state index contributed by atoms with van der Waals surface area (Å²) in [6.45, 7) is 3.99. The van der Waals surface area contributed by atoms with Crippen LogP contribution in [0.4, 0.5) is 4.39 Å². The molecule has 2 heterocycles. The maximum absolute atomic E-state index is 13.1. The molecule has 0 bridgehead atoms. The molecule has 0 atom stereocenters. The zero-order chi connectivity index (χ0) is 18.8. The third kappa shape index (κ3) is 3.91. The number of benzene rings is 2. The molecule has 0 amide bonds. The van der Waals surface area contributed by atoms with E-state index >= 15 is 0 Å². The molecule has 27 heavy (non-hydrogen) atoms. The minimum atomic E-state index is -0.255. The Hall–Kier alpha value is -2.57. The van der Waals surface area contributed by atoms with Crippen molar-refractivity contribution in [1.82, 2.24) is 15.1 Å². The average Bonchev–Trinajstić information content (AvgIpc) is 3.23. The van der Waals surface area contributed by atoms with Gasteiger partial charge in [0, 0.05) is 18.7 Å². The Morgan fingerprint density at radius 1 is 1.07 bits per heavy atom. The summed E-state index contributed by atoms with van der Waals surface area (Å²) in [4.78, 5) is 0. The van der Waals surface area contributed by atoms with Crippen LogP contribution in [0.3, 0.4) is 0 Å². The van der Waals surface area contributed by atoms with E-state index < -0.39 is 0 Å². The van der Waals surface area contributed by atoms with Crippen molar-refractivity contribution in [1.29, 1.82) is 0 Å². The van der Waals surface area contributed by atoms with E-state index in [9.17, 15) is 4.39 Å². The Labute approximate surface area is 161 Å². The summed E-state index contributed by atoms with van der Waals surface area (Å²) in [6, 6.07) is 12.2. The molecule has 7 heteroatoms. The third-order valence-electron chi connectivity index (χ3n) is 4.50. The molecule has 1 aliphatic rings. The van der Waals surface area contributed by atoms with Gasteiger partial charge in [0.15, 0.2) is 11.5 Å². The highest BCUT2D eigenvalue weighted by molar-refractivity contribution is 6.30. The third-order valence-corrected chi connectivity index (χ3v) is 4.92. The van der Waals surface area contributed by atoms with Crippen molar-refractivity contribution in [3.63, 3.8) is 0 Å². The highest BCUT2D eigenvalue weighted by Crippen LogP contribution is 2.32. The van der Waals surface area contributed by atoms with E-state index in [1.165, 1.54) is 12.1 Å². The summed E-state index contributed by atoms with van der Waals surface area (Å²) in [5.74, 6) is 1.30. The van der Waals surface area contributed by atoms with E-state index in [0.717, 1.165) is 33.9 Å². The molecule has 3 aromatic rings. The summed E-state index contributed by atoms with van der Waals surface area (Å²) in [6.07, 6.45) is 0. The number of aromatic nitrogens is 2. The predicted molar refractivity (Wildman–Crippen MR) is 101 cm³/mol. The number of rotatable bonds is 6. The second-order valence-corrected chi connectivity index (χ2v) is 6.79. The van der Waals surface area contributed by atoms with E-state index in [4.69, 9.17) is 21.1 Å². The molecule has 0 aliphatic carbocycles. The van der Waals surface area contributed by atoms with Gasteiger partial charge in [-0.2, -0.15) is 5.10 Å². The number of ether oxygens (including phenoxy) is 2. The van der Waals surface area contributed by atoms with Crippen LogP contribution in [0.1, 0.15) is 22.4 Å². The van der Waals surface area contributed by atoms with E-state index in [1.54, 1.807) is 16.8 Å². The fourth-order valence-electron chi connectivity index (χ4n) is 3.04. The monoisotopic (exact) mass is 387 g/mol.